The number of amides is 1. The standard InChI is InChI=1S/C15H30N2O2/c1-11(2)7-8-16-15(19)13(4)17-9-5-6-14(17)10-12(3)18/h11-14,18H,5-10H2,1-4H3,(H,16,19). The van der Waals surface area contributed by atoms with Gasteiger partial charge in [-0.15, -0.1) is 0 Å². The lowest BCUT2D eigenvalue weighted by Gasteiger charge is -2.30. The van der Waals surface area contributed by atoms with Gasteiger partial charge >= 0.3 is 0 Å². The lowest BCUT2D eigenvalue weighted by atomic mass is 10.1. The molecule has 0 spiro atoms. The summed E-state index contributed by atoms with van der Waals surface area (Å²) in [6, 6.07) is 0.268. The van der Waals surface area contributed by atoms with Gasteiger partial charge in [0.2, 0.25) is 5.91 Å². The van der Waals surface area contributed by atoms with Crippen molar-refractivity contribution < 1.29 is 9.90 Å². The first kappa shape index (κ1) is 16.4. The van der Waals surface area contributed by atoms with Crippen molar-refractivity contribution in [1.82, 2.24) is 10.2 Å². The van der Waals surface area contributed by atoms with Crippen LogP contribution in [0.2, 0.25) is 0 Å². The fourth-order valence-corrected chi connectivity index (χ4v) is 2.80. The molecule has 1 amide bonds. The van der Waals surface area contributed by atoms with Gasteiger partial charge < -0.3 is 10.4 Å². The molecule has 19 heavy (non-hydrogen) atoms. The van der Waals surface area contributed by atoms with Gasteiger partial charge in [-0.2, -0.15) is 0 Å². The number of carbonyl (C=O) groups excluding carboxylic acids is 1. The molecule has 3 atom stereocenters. The molecule has 0 aromatic rings. The van der Waals surface area contributed by atoms with Crippen molar-refractivity contribution in [2.45, 2.75) is 71.6 Å². The highest BCUT2D eigenvalue weighted by atomic mass is 16.3. The minimum Gasteiger partial charge on any atom is -0.393 e. The van der Waals surface area contributed by atoms with Crippen molar-refractivity contribution in [1.29, 1.82) is 0 Å². The summed E-state index contributed by atoms with van der Waals surface area (Å²) in [5.41, 5.74) is 0. The fourth-order valence-electron chi connectivity index (χ4n) is 2.80. The summed E-state index contributed by atoms with van der Waals surface area (Å²) in [7, 11) is 0. The molecule has 2 N–H and O–H groups in total. The van der Waals surface area contributed by atoms with E-state index in [2.05, 4.69) is 24.1 Å². The molecule has 0 aliphatic carbocycles. The highest BCUT2D eigenvalue weighted by Crippen LogP contribution is 2.23. The molecule has 1 saturated heterocycles. The maximum Gasteiger partial charge on any atom is 0.237 e. The van der Waals surface area contributed by atoms with E-state index in [1.165, 1.54) is 0 Å². The van der Waals surface area contributed by atoms with Crippen LogP contribution in [0, 0.1) is 5.92 Å². The van der Waals surface area contributed by atoms with Crippen LogP contribution in [-0.4, -0.2) is 47.2 Å². The first-order valence-electron chi connectivity index (χ1n) is 7.63. The minimum atomic E-state index is -0.290. The van der Waals surface area contributed by atoms with Crippen LogP contribution in [0.5, 0.6) is 0 Å². The third-order valence-electron chi connectivity index (χ3n) is 3.93. The first-order chi connectivity index (χ1) is 8.91. The molecule has 3 unspecified atom stereocenters. The van der Waals surface area contributed by atoms with Gasteiger partial charge in [-0.3, -0.25) is 9.69 Å². The van der Waals surface area contributed by atoms with Crippen LogP contribution in [0.25, 0.3) is 0 Å². The summed E-state index contributed by atoms with van der Waals surface area (Å²) in [5, 5.41) is 12.5. The number of hydrogen-bond acceptors (Lipinski definition) is 3. The van der Waals surface area contributed by atoms with Crippen molar-refractivity contribution in [2.24, 2.45) is 5.92 Å². The number of aliphatic hydroxyl groups is 1. The van der Waals surface area contributed by atoms with Crippen molar-refractivity contribution in [2.75, 3.05) is 13.1 Å². The summed E-state index contributed by atoms with van der Waals surface area (Å²) in [6.45, 7) is 9.85. The van der Waals surface area contributed by atoms with Crippen LogP contribution in [0.1, 0.15) is 53.4 Å². The second-order valence-corrected chi connectivity index (χ2v) is 6.27. The fraction of sp³-hybridized carbons (Fsp3) is 0.933. The lowest BCUT2D eigenvalue weighted by molar-refractivity contribution is -0.126. The Balaban J connectivity index is 2.41. The Hall–Kier alpha value is -0.610. The second kappa shape index (κ2) is 7.85. The molecule has 0 radical (unpaired) electrons. The van der Waals surface area contributed by atoms with Crippen LogP contribution in [0.3, 0.4) is 0 Å². The molecule has 1 aliphatic rings. The zero-order valence-corrected chi connectivity index (χ0v) is 12.9. The SMILES string of the molecule is CC(C)CCNC(=O)C(C)N1CCCC1CC(C)O. The monoisotopic (exact) mass is 270 g/mol. The van der Waals surface area contributed by atoms with Gasteiger partial charge in [-0.05, 0) is 52.0 Å². The molecule has 0 aromatic carbocycles. The van der Waals surface area contributed by atoms with E-state index in [1.807, 2.05) is 13.8 Å². The predicted octanol–water partition coefficient (Wildman–Crippen LogP) is 1.77. The Morgan fingerprint density at radius 2 is 2.05 bits per heavy atom. The molecule has 4 nitrogen and oxygen atoms in total. The molecular formula is C15H30N2O2. The average Bonchev–Trinajstić information content (AvgIpc) is 2.74. The number of rotatable bonds is 7. The Kier molecular flexibility index (Phi) is 6.80. The normalized spacial score (nSPS) is 23.6. The van der Waals surface area contributed by atoms with Gasteiger partial charge in [0, 0.05) is 12.6 Å². The van der Waals surface area contributed by atoms with Gasteiger partial charge in [-0.1, -0.05) is 13.8 Å². The number of aliphatic hydroxyl groups excluding tert-OH is 1. The van der Waals surface area contributed by atoms with Crippen LogP contribution < -0.4 is 5.32 Å². The Bertz CT molecular complexity index is 279. The van der Waals surface area contributed by atoms with E-state index >= 15 is 0 Å². The van der Waals surface area contributed by atoms with Crippen LogP contribution in [0.15, 0.2) is 0 Å². The van der Waals surface area contributed by atoms with E-state index in [4.69, 9.17) is 0 Å². The summed E-state index contributed by atoms with van der Waals surface area (Å²) >= 11 is 0. The lowest BCUT2D eigenvalue weighted by Crippen LogP contribution is -2.48. The van der Waals surface area contributed by atoms with Gasteiger partial charge in [-0.25, -0.2) is 0 Å². The van der Waals surface area contributed by atoms with E-state index in [0.717, 1.165) is 38.8 Å². The second-order valence-electron chi connectivity index (χ2n) is 6.27. The number of nitrogens with one attached hydrogen (secondary N) is 1. The molecular weight excluding hydrogens is 240 g/mol. The van der Waals surface area contributed by atoms with Gasteiger partial charge in [0.25, 0.3) is 0 Å². The van der Waals surface area contributed by atoms with Crippen LogP contribution >= 0.6 is 0 Å². The van der Waals surface area contributed by atoms with Crippen molar-refractivity contribution >= 4 is 5.91 Å². The Morgan fingerprint density at radius 1 is 1.37 bits per heavy atom. The highest BCUT2D eigenvalue weighted by Gasteiger charge is 2.32. The average molecular weight is 270 g/mol. The van der Waals surface area contributed by atoms with Crippen molar-refractivity contribution in [3.63, 3.8) is 0 Å². The molecule has 4 heteroatoms. The molecule has 0 aromatic heterocycles. The maximum atomic E-state index is 12.1. The topological polar surface area (TPSA) is 52.6 Å². The van der Waals surface area contributed by atoms with E-state index in [9.17, 15) is 9.90 Å². The third kappa shape index (κ3) is 5.49. The molecule has 1 heterocycles. The van der Waals surface area contributed by atoms with E-state index in [0.29, 0.717) is 12.0 Å². The summed E-state index contributed by atoms with van der Waals surface area (Å²) in [4.78, 5) is 14.4. The van der Waals surface area contributed by atoms with E-state index in [1.54, 1.807) is 0 Å². The van der Waals surface area contributed by atoms with Gasteiger partial charge in [0.05, 0.1) is 12.1 Å². The number of nitrogens with zero attached hydrogens (tertiary/aromatic N) is 1. The summed E-state index contributed by atoms with van der Waals surface area (Å²) in [5.74, 6) is 0.739. The molecule has 0 saturated carbocycles. The zero-order chi connectivity index (χ0) is 14.4. The highest BCUT2D eigenvalue weighted by molar-refractivity contribution is 5.81. The largest absolute Gasteiger partial charge is 0.393 e. The smallest absolute Gasteiger partial charge is 0.237 e. The van der Waals surface area contributed by atoms with Crippen molar-refractivity contribution in [3.8, 4) is 0 Å². The number of likely N-dealkylation sites (tertiary alicyclic amines) is 1. The first-order valence-corrected chi connectivity index (χ1v) is 7.63. The Labute approximate surface area is 117 Å². The Morgan fingerprint density at radius 3 is 2.63 bits per heavy atom. The van der Waals surface area contributed by atoms with Crippen LogP contribution in [0.4, 0.5) is 0 Å². The minimum absolute atomic E-state index is 0.0848. The number of hydrogen-bond donors (Lipinski definition) is 2. The molecule has 1 aliphatic heterocycles. The van der Waals surface area contributed by atoms with E-state index in [-0.39, 0.29) is 18.1 Å². The quantitative estimate of drug-likeness (QED) is 0.741. The maximum absolute atomic E-state index is 12.1. The van der Waals surface area contributed by atoms with Gasteiger partial charge in [0.1, 0.15) is 0 Å². The van der Waals surface area contributed by atoms with Crippen molar-refractivity contribution in [3.05, 3.63) is 0 Å². The molecule has 1 rings (SSSR count). The van der Waals surface area contributed by atoms with E-state index < -0.39 is 0 Å². The zero-order valence-electron chi connectivity index (χ0n) is 12.9. The number of carbonyl (C=O) groups is 1. The third-order valence-corrected chi connectivity index (χ3v) is 3.93. The van der Waals surface area contributed by atoms with Crippen LogP contribution in [-0.2, 0) is 4.79 Å². The summed E-state index contributed by atoms with van der Waals surface area (Å²) in [6.07, 6.45) is 3.72. The molecule has 0 bridgehead atoms. The molecule has 112 valence electrons. The predicted molar refractivity (Wildman–Crippen MR) is 78.0 cm³/mol. The van der Waals surface area contributed by atoms with Gasteiger partial charge in [0.15, 0.2) is 0 Å². The summed E-state index contributed by atoms with van der Waals surface area (Å²) < 4.78 is 0. The molecule has 1 fully saturated rings.